The lowest BCUT2D eigenvalue weighted by molar-refractivity contribution is -0.150. The van der Waals surface area contributed by atoms with Crippen LogP contribution in [-0.2, 0) is 20.9 Å². The number of hydrogen-bond donors (Lipinski definition) is 3. The summed E-state index contributed by atoms with van der Waals surface area (Å²) in [5.74, 6) is -4.53. The Kier molecular flexibility index (Phi) is 7.08. The van der Waals surface area contributed by atoms with Crippen LogP contribution in [0.3, 0.4) is 0 Å². The molecule has 0 bridgehead atoms. The van der Waals surface area contributed by atoms with Crippen molar-refractivity contribution in [3.05, 3.63) is 77.6 Å². The van der Waals surface area contributed by atoms with E-state index in [1.165, 1.54) is 6.92 Å². The first-order valence-electron chi connectivity index (χ1n) is 12.1. The number of para-hydroxylation sites is 2. The van der Waals surface area contributed by atoms with E-state index in [9.17, 15) is 19.5 Å². The van der Waals surface area contributed by atoms with Crippen molar-refractivity contribution in [1.82, 2.24) is 9.78 Å². The Bertz CT molecular complexity index is 1300. The van der Waals surface area contributed by atoms with Gasteiger partial charge in [-0.3, -0.25) is 19.1 Å². The molecule has 1 aliphatic carbocycles. The van der Waals surface area contributed by atoms with Crippen LogP contribution < -0.4 is 10.6 Å². The number of ketones is 1. The van der Waals surface area contributed by atoms with Crippen molar-refractivity contribution in [3.63, 3.8) is 0 Å². The fourth-order valence-electron chi connectivity index (χ4n) is 5.06. The van der Waals surface area contributed by atoms with Crippen LogP contribution in [0.1, 0.15) is 42.9 Å². The maximum absolute atomic E-state index is 13.7. The third-order valence-electron chi connectivity index (χ3n) is 7.00. The number of carbonyl (C=O) groups excluding carboxylic acids is 3. The summed E-state index contributed by atoms with van der Waals surface area (Å²) in [6.07, 6.45) is 3.00. The zero-order valence-corrected chi connectivity index (χ0v) is 21.0. The molecular weight excluding hydrogens is 456 g/mol. The number of rotatable bonds is 6. The average Bonchev–Trinajstić information content (AvgIpc) is 3.30. The van der Waals surface area contributed by atoms with Crippen LogP contribution in [0.4, 0.5) is 11.4 Å². The molecule has 3 aromatic rings. The first-order chi connectivity index (χ1) is 17.1. The van der Waals surface area contributed by atoms with Crippen LogP contribution in [0.15, 0.2) is 60.9 Å². The molecule has 0 radical (unpaired) electrons. The molecule has 1 saturated carbocycles. The van der Waals surface area contributed by atoms with E-state index in [4.69, 9.17) is 0 Å². The largest absolute Gasteiger partial charge is 0.389 e. The number of nitrogens with zero attached hydrogens (tertiary/aromatic N) is 2. The second-order valence-corrected chi connectivity index (χ2v) is 9.72. The normalized spacial score (nSPS) is 23.8. The number of benzene rings is 2. The van der Waals surface area contributed by atoms with Gasteiger partial charge in [-0.15, -0.1) is 0 Å². The van der Waals surface area contributed by atoms with Crippen LogP contribution in [-0.4, -0.2) is 38.1 Å². The van der Waals surface area contributed by atoms with Crippen molar-refractivity contribution >= 4 is 29.0 Å². The Morgan fingerprint density at radius 1 is 1.03 bits per heavy atom. The van der Waals surface area contributed by atoms with Crippen molar-refractivity contribution in [2.24, 2.45) is 11.8 Å². The molecular formula is C28H32N4O4. The molecule has 1 aromatic heterocycles. The summed E-state index contributed by atoms with van der Waals surface area (Å²) >= 11 is 0. The second-order valence-electron chi connectivity index (χ2n) is 9.72. The number of hydrogen-bond acceptors (Lipinski definition) is 5. The number of nitrogens with one attached hydrogen (secondary N) is 2. The maximum Gasteiger partial charge on any atom is 0.235 e. The molecule has 0 saturated heterocycles. The number of aromatic nitrogens is 2. The molecule has 8 heteroatoms. The molecule has 0 aliphatic heterocycles. The fourth-order valence-corrected chi connectivity index (χ4v) is 5.06. The Labute approximate surface area is 210 Å². The van der Waals surface area contributed by atoms with E-state index in [0.29, 0.717) is 23.5 Å². The SMILES string of the molecule is CCn1cc([C@@H]2[C@H](C(=O)Nc3ccccc3C)C(=O)C[C@](C)(O)[C@H]2C(=O)Nc2ccccc2C)cn1. The van der Waals surface area contributed by atoms with Gasteiger partial charge >= 0.3 is 0 Å². The minimum Gasteiger partial charge on any atom is -0.389 e. The molecule has 1 aliphatic rings. The minimum atomic E-state index is -1.66. The van der Waals surface area contributed by atoms with Crippen molar-refractivity contribution < 1.29 is 19.5 Å². The van der Waals surface area contributed by atoms with Crippen molar-refractivity contribution in [2.45, 2.75) is 52.2 Å². The zero-order chi connectivity index (χ0) is 26.0. The highest BCUT2D eigenvalue weighted by atomic mass is 16.3. The van der Waals surface area contributed by atoms with Gasteiger partial charge in [0.25, 0.3) is 0 Å². The molecule has 36 heavy (non-hydrogen) atoms. The summed E-state index contributed by atoms with van der Waals surface area (Å²) in [4.78, 5) is 40.7. The maximum atomic E-state index is 13.7. The molecule has 0 spiro atoms. The summed E-state index contributed by atoms with van der Waals surface area (Å²) in [5.41, 5.74) is 1.81. The molecule has 2 aromatic carbocycles. The average molecular weight is 489 g/mol. The smallest absolute Gasteiger partial charge is 0.235 e. The Balaban J connectivity index is 1.77. The van der Waals surface area contributed by atoms with Gasteiger partial charge < -0.3 is 15.7 Å². The van der Waals surface area contributed by atoms with Gasteiger partial charge in [0.2, 0.25) is 11.8 Å². The van der Waals surface area contributed by atoms with Gasteiger partial charge in [0.15, 0.2) is 0 Å². The van der Waals surface area contributed by atoms with Crippen LogP contribution in [0.2, 0.25) is 0 Å². The summed E-state index contributed by atoms with van der Waals surface area (Å²) in [6.45, 7) is 7.73. The highest BCUT2D eigenvalue weighted by Gasteiger charge is 2.56. The van der Waals surface area contributed by atoms with Crippen molar-refractivity contribution in [1.29, 1.82) is 0 Å². The van der Waals surface area contributed by atoms with Crippen LogP contribution >= 0.6 is 0 Å². The predicted molar refractivity (Wildman–Crippen MR) is 137 cm³/mol. The highest BCUT2D eigenvalue weighted by Crippen LogP contribution is 2.46. The van der Waals surface area contributed by atoms with Gasteiger partial charge in [-0.1, -0.05) is 36.4 Å². The highest BCUT2D eigenvalue weighted by molar-refractivity contribution is 6.10. The van der Waals surface area contributed by atoms with Crippen molar-refractivity contribution in [2.75, 3.05) is 10.6 Å². The first-order valence-corrected chi connectivity index (χ1v) is 12.1. The molecule has 3 N–H and O–H groups in total. The Hall–Kier alpha value is -3.78. The van der Waals surface area contributed by atoms with E-state index in [2.05, 4.69) is 15.7 Å². The lowest BCUT2D eigenvalue weighted by atomic mass is 9.61. The third kappa shape index (κ3) is 4.95. The third-order valence-corrected chi connectivity index (χ3v) is 7.00. The van der Waals surface area contributed by atoms with Gasteiger partial charge in [0.1, 0.15) is 11.7 Å². The Morgan fingerprint density at radius 3 is 2.11 bits per heavy atom. The number of carbonyl (C=O) groups is 3. The minimum absolute atomic E-state index is 0.316. The van der Waals surface area contributed by atoms with E-state index in [1.807, 2.05) is 51.1 Å². The summed E-state index contributed by atoms with van der Waals surface area (Å²) < 4.78 is 1.68. The molecule has 4 atom stereocenters. The molecule has 188 valence electrons. The van der Waals surface area contributed by atoms with Gasteiger partial charge in [-0.25, -0.2) is 0 Å². The molecule has 0 unspecified atom stereocenters. The van der Waals surface area contributed by atoms with Crippen LogP contribution in [0.5, 0.6) is 0 Å². The van der Waals surface area contributed by atoms with E-state index in [1.54, 1.807) is 35.3 Å². The second kappa shape index (κ2) is 10.1. The summed E-state index contributed by atoms with van der Waals surface area (Å²) in [5, 5.41) is 21.5. The van der Waals surface area contributed by atoms with Gasteiger partial charge in [-0.2, -0.15) is 5.10 Å². The topological polar surface area (TPSA) is 113 Å². The molecule has 2 amide bonds. The number of Topliss-reactive ketones (excluding diaryl/α,β-unsaturated/α-hetero) is 1. The Morgan fingerprint density at radius 2 is 1.58 bits per heavy atom. The molecule has 1 heterocycles. The van der Waals surface area contributed by atoms with E-state index >= 15 is 0 Å². The first kappa shape index (κ1) is 25.3. The number of anilines is 2. The number of aliphatic hydroxyl groups is 1. The van der Waals surface area contributed by atoms with Crippen LogP contribution in [0.25, 0.3) is 0 Å². The lowest BCUT2D eigenvalue weighted by Gasteiger charge is -2.44. The van der Waals surface area contributed by atoms with Gasteiger partial charge in [0.05, 0.1) is 17.7 Å². The number of aryl methyl sites for hydroxylation is 3. The van der Waals surface area contributed by atoms with E-state index in [-0.39, 0.29) is 6.42 Å². The molecule has 4 rings (SSSR count). The van der Waals surface area contributed by atoms with Crippen LogP contribution in [0, 0.1) is 25.7 Å². The predicted octanol–water partition coefficient (Wildman–Crippen LogP) is 3.84. The standard InChI is InChI=1S/C28H32N4O4/c1-5-32-16-19(15-29-32)23-24(26(34)30-20-12-8-6-10-17(20)2)22(33)14-28(4,36)25(23)27(35)31-21-13-9-7-11-18(21)3/h6-13,15-16,23-25,36H,5,14H2,1-4H3,(H,30,34)(H,31,35)/t23-,24-,25-,28+/m1/s1. The zero-order valence-electron chi connectivity index (χ0n) is 21.0. The number of amides is 2. The van der Waals surface area contributed by atoms with Gasteiger partial charge in [0, 0.05) is 36.5 Å². The monoisotopic (exact) mass is 488 g/mol. The molecule has 8 nitrogen and oxygen atoms in total. The van der Waals surface area contributed by atoms with Gasteiger partial charge in [-0.05, 0) is 56.5 Å². The summed E-state index contributed by atoms with van der Waals surface area (Å²) in [7, 11) is 0. The fraction of sp³-hybridized carbons (Fsp3) is 0.357. The van der Waals surface area contributed by atoms with E-state index in [0.717, 1.165) is 11.1 Å². The molecule has 1 fully saturated rings. The van der Waals surface area contributed by atoms with Crippen molar-refractivity contribution in [3.8, 4) is 0 Å². The quantitative estimate of drug-likeness (QED) is 0.457. The van der Waals surface area contributed by atoms with E-state index < -0.39 is 41.0 Å². The summed E-state index contributed by atoms with van der Waals surface area (Å²) in [6, 6.07) is 14.6. The lowest BCUT2D eigenvalue weighted by Crippen LogP contribution is -2.56.